The average molecular weight is 356 g/mol. The van der Waals surface area contributed by atoms with Crippen molar-refractivity contribution in [1.29, 1.82) is 0 Å². The zero-order valence-electron chi connectivity index (χ0n) is 13.3. The fourth-order valence-electron chi connectivity index (χ4n) is 1.29. The predicted octanol–water partition coefficient (Wildman–Crippen LogP) is 0.214. The molecule has 1 atom stereocenters. The molecule has 0 fully saturated rings. The Kier molecular flexibility index (Phi) is 8.47. The quantitative estimate of drug-likeness (QED) is 0.332. The molecule has 10 nitrogen and oxygen atoms in total. The van der Waals surface area contributed by atoms with Crippen molar-refractivity contribution in [3.8, 4) is 0 Å². The molecule has 0 saturated heterocycles. The van der Waals surface area contributed by atoms with Crippen molar-refractivity contribution in [2.24, 2.45) is 5.92 Å². The molecule has 136 valence electrons. The summed E-state index contributed by atoms with van der Waals surface area (Å²) in [5.41, 5.74) is -0.955. The second-order valence-corrected chi connectivity index (χ2v) is 4.92. The normalized spacial score (nSPS) is 10.9. The number of carboxylic acids is 2. The first-order chi connectivity index (χ1) is 11.4. The molecule has 0 aliphatic rings. The number of hydrogen-bond acceptors (Lipinski definition) is 8. The van der Waals surface area contributed by atoms with Crippen LogP contribution in [0.3, 0.4) is 0 Å². The van der Waals surface area contributed by atoms with Crippen molar-refractivity contribution in [2.45, 2.75) is 26.2 Å². The molecule has 25 heavy (non-hydrogen) atoms. The van der Waals surface area contributed by atoms with E-state index in [2.05, 4.69) is 22.6 Å². The van der Waals surface area contributed by atoms with Crippen molar-refractivity contribution in [3.05, 3.63) is 24.3 Å². The Balaban J connectivity index is 4.40. The predicted molar refractivity (Wildman–Crippen MR) is 78.8 cm³/mol. The standard InChI is InChI=1S/C15H16O10/c1-7(13(19)20)4-10(16)24-11(17)6-9(3)15(23)25-12(18)5-8(2)14(21)22/h9H,1-2,4-6H2,3H3,(H,19,20)(H,21,22). The van der Waals surface area contributed by atoms with E-state index in [-0.39, 0.29) is 0 Å². The minimum Gasteiger partial charge on any atom is -0.478 e. The monoisotopic (exact) mass is 356 g/mol. The molecule has 0 spiro atoms. The molecule has 0 amide bonds. The molecular formula is C15H16O10. The molecule has 0 bridgehead atoms. The summed E-state index contributed by atoms with van der Waals surface area (Å²) in [6, 6.07) is 0. The summed E-state index contributed by atoms with van der Waals surface area (Å²) in [4.78, 5) is 66.6. The van der Waals surface area contributed by atoms with E-state index in [1.165, 1.54) is 6.92 Å². The molecule has 0 heterocycles. The second kappa shape index (κ2) is 9.75. The lowest BCUT2D eigenvalue weighted by Crippen LogP contribution is -2.24. The summed E-state index contributed by atoms with van der Waals surface area (Å²) in [6.45, 7) is 7.39. The van der Waals surface area contributed by atoms with Crippen molar-refractivity contribution in [1.82, 2.24) is 0 Å². The summed E-state index contributed by atoms with van der Waals surface area (Å²) in [5, 5.41) is 17.1. The van der Waals surface area contributed by atoms with Crippen LogP contribution in [0, 0.1) is 5.92 Å². The van der Waals surface area contributed by atoms with Gasteiger partial charge in [0.15, 0.2) is 0 Å². The van der Waals surface area contributed by atoms with Gasteiger partial charge in [-0.05, 0) is 0 Å². The summed E-state index contributed by atoms with van der Waals surface area (Å²) in [5.74, 6) is -8.59. The molecule has 0 aliphatic carbocycles. The Morgan fingerprint density at radius 1 is 0.800 bits per heavy atom. The van der Waals surface area contributed by atoms with Crippen LogP contribution in [-0.4, -0.2) is 46.0 Å². The topological polar surface area (TPSA) is 161 Å². The highest BCUT2D eigenvalue weighted by Gasteiger charge is 2.24. The van der Waals surface area contributed by atoms with Crippen molar-refractivity contribution in [3.63, 3.8) is 0 Å². The maximum Gasteiger partial charge on any atom is 0.331 e. The lowest BCUT2D eigenvalue weighted by Gasteiger charge is -2.09. The van der Waals surface area contributed by atoms with Crippen molar-refractivity contribution >= 4 is 35.8 Å². The third-order valence-corrected chi connectivity index (χ3v) is 2.64. The van der Waals surface area contributed by atoms with E-state index in [9.17, 15) is 28.8 Å². The largest absolute Gasteiger partial charge is 0.478 e. The Labute approximate surface area is 141 Å². The number of esters is 4. The number of hydrogen-bond donors (Lipinski definition) is 2. The first kappa shape index (κ1) is 21.7. The number of ether oxygens (including phenoxy) is 2. The highest BCUT2D eigenvalue weighted by atomic mass is 16.6. The van der Waals surface area contributed by atoms with Crippen LogP contribution in [0.5, 0.6) is 0 Å². The second-order valence-electron chi connectivity index (χ2n) is 4.92. The highest BCUT2D eigenvalue weighted by Crippen LogP contribution is 2.10. The third-order valence-electron chi connectivity index (χ3n) is 2.64. The molecule has 0 rings (SSSR count). The third kappa shape index (κ3) is 8.79. The zero-order chi connectivity index (χ0) is 19.7. The van der Waals surface area contributed by atoms with Gasteiger partial charge in [0, 0.05) is 11.1 Å². The zero-order valence-corrected chi connectivity index (χ0v) is 13.3. The lowest BCUT2D eigenvalue weighted by molar-refractivity contribution is -0.167. The van der Waals surface area contributed by atoms with Crippen LogP contribution < -0.4 is 0 Å². The van der Waals surface area contributed by atoms with Gasteiger partial charge in [-0.15, -0.1) is 0 Å². The molecule has 0 aromatic rings. The first-order valence-electron chi connectivity index (χ1n) is 6.74. The van der Waals surface area contributed by atoms with Crippen LogP contribution in [-0.2, 0) is 38.2 Å². The van der Waals surface area contributed by atoms with Gasteiger partial charge in [-0.25, -0.2) is 9.59 Å². The van der Waals surface area contributed by atoms with E-state index in [1.54, 1.807) is 0 Å². The van der Waals surface area contributed by atoms with Gasteiger partial charge in [0.1, 0.15) is 0 Å². The van der Waals surface area contributed by atoms with Crippen LogP contribution in [0.4, 0.5) is 0 Å². The van der Waals surface area contributed by atoms with E-state index in [1.807, 2.05) is 0 Å². The minimum atomic E-state index is -1.43. The Hall–Kier alpha value is -3.30. The van der Waals surface area contributed by atoms with E-state index >= 15 is 0 Å². The van der Waals surface area contributed by atoms with E-state index < -0.39 is 72.1 Å². The van der Waals surface area contributed by atoms with Crippen molar-refractivity contribution in [2.75, 3.05) is 0 Å². The van der Waals surface area contributed by atoms with Crippen LogP contribution in [0.15, 0.2) is 24.3 Å². The molecule has 1 unspecified atom stereocenters. The molecule has 0 aromatic heterocycles. The van der Waals surface area contributed by atoms with Crippen LogP contribution in [0.2, 0.25) is 0 Å². The molecule has 10 heteroatoms. The Morgan fingerprint density at radius 2 is 1.20 bits per heavy atom. The number of aliphatic carboxylic acids is 2. The number of carbonyl (C=O) groups excluding carboxylic acids is 4. The summed E-state index contributed by atoms with van der Waals surface area (Å²) in [7, 11) is 0. The number of carbonyl (C=O) groups is 6. The van der Waals surface area contributed by atoms with Gasteiger partial charge in [0.05, 0.1) is 25.2 Å². The fourth-order valence-corrected chi connectivity index (χ4v) is 1.29. The van der Waals surface area contributed by atoms with E-state index in [0.717, 1.165) is 0 Å². The molecule has 0 aromatic carbocycles. The lowest BCUT2D eigenvalue weighted by atomic mass is 10.1. The van der Waals surface area contributed by atoms with Gasteiger partial charge >= 0.3 is 35.8 Å². The van der Waals surface area contributed by atoms with Crippen LogP contribution >= 0.6 is 0 Å². The van der Waals surface area contributed by atoms with Gasteiger partial charge < -0.3 is 19.7 Å². The average Bonchev–Trinajstić information content (AvgIpc) is 2.45. The summed E-state index contributed by atoms with van der Waals surface area (Å²) in [6.07, 6.45) is -2.04. The maximum absolute atomic E-state index is 11.6. The molecular weight excluding hydrogens is 340 g/mol. The number of rotatable bonds is 9. The van der Waals surface area contributed by atoms with Gasteiger partial charge in [-0.1, -0.05) is 20.1 Å². The highest BCUT2D eigenvalue weighted by molar-refractivity contribution is 5.97. The molecule has 0 radical (unpaired) electrons. The van der Waals surface area contributed by atoms with E-state index in [4.69, 9.17) is 10.2 Å². The maximum atomic E-state index is 11.6. The van der Waals surface area contributed by atoms with Crippen LogP contribution in [0.1, 0.15) is 26.2 Å². The van der Waals surface area contributed by atoms with Gasteiger partial charge in [0.2, 0.25) is 0 Å². The Bertz CT molecular complexity index is 643. The molecule has 0 aliphatic heterocycles. The van der Waals surface area contributed by atoms with Gasteiger partial charge in [0.25, 0.3) is 0 Å². The van der Waals surface area contributed by atoms with Crippen LogP contribution in [0.25, 0.3) is 0 Å². The smallest absolute Gasteiger partial charge is 0.331 e. The fraction of sp³-hybridized carbons (Fsp3) is 0.333. The van der Waals surface area contributed by atoms with E-state index in [0.29, 0.717) is 0 Å². The van der Waals surface area contributed by atoms with Crippen molar-refractivity contribution < 1.29 is 48.5 Å². The molecule has 0 saturated carbocycles. The summed E-state index contributed by atoms with van der Waals surface area (Å²) < 4.78 is 8.65. The van der Waals surface area contributed by atoms with Gasteiger partial charge in [-0.3, -0.25) is 19.2 Å². The summed E-state index contributed by atoms with van der Waals surface area (Å²) >= 11 is 0. The minimum absolute atomic E-state index is 0.477. The Morgan fingerprint density at radius 3 is 1.60 bits per heavy atom. The SMILES string of the molecule is C=C(CC(=O)OC(=O)CC(C)C(=O)OC(=O)CC(=C)C(=O)O)C(=O)O. The first-order valence-corrected chi connectivity index (χ1v) is 6.74. The number of carboxylic acid groups (broad SMARTS) is 2. The molecule has 2 N–H and O–H groups in total. The van der Waals surface area contributed by atoms with Gasteiger partial charge in [-0.2, -0.15) is 0 Å².